The Bertz CT molecular complexity index is 726. The van der Waals surface area contributed by atoms with Crippen LogP contribution < -0.4 is 0 Å². The minimum absolute atomic E-state index is 0.0246. The molecule has 0 bridgehead atoms. The van der Waals surface area contributed by atoms with Gasteiger partial charge in [0.1, 0.15) is 11.3 Å². The summed E-state index contributed by atoms with van der Waals surface area (Å²) in [5.41, 5.74) is -1.74. The first-order valence-electron chi connectivity index (χ1n) is 5.77. The summed E-state index contributed by atoms with van der Waals surface area (Å²) in [5.74, 6) is -11.2. The Morgan fingerprint density at radius 3 is 1.91 bits per heavy atom. The molecule has 1 rings (SSSR count). The average molecular weight is 342 g/mol. The fraction of sp³-hybridized carbons (Fsp3) is 0.250. The zero-order chi connectivity index (χ0) is 17.2. The number of carbonyl (C=O) groups excluding carboxylic acids is 1. The van der Waals surface area contributed by atoms with Crippen molar-refractivity contribution < 1.29 is 40.1 Å². The van der Waals surface area contributed by atoms with Gasteiger partial charge in [0.15, 0.2) is 28.2 Å². The molecule has 0 aliphatic carbocycles. The average Bonchev–Trinajstić information content (AvgIpc) is 2.41. The van der Waals surface area contributed by atoms with Crippen molar-refractivity contribution in [3.8, 4) is 0 Å². The van der Waals surface area contributed by atoms with E-state index in [1.165, 1.54) is 19.9 Å². The van der Waals surface area contributed by atoms with Crippen molar-refractivity contribution in [3.05, 3.63) is 40.7 Å². The molecule has 0 aliphatic rings. The fourth-order valence-electron chi connectivity index (χ4n) is 1.52. The maximum Gasteiger partial charge on any atom is 0.349 e. The molecule has 10 heteroatoms. The van der Waals surface area contributed by atoms with Gasteiger partial charge in [-0.15, -0.1) is 0 Å². The second-order valence-electron chi connectivity index (χ2n) is 3.93. The van der Waals surface area contributed by atoms with Crippen LogP contribution in [0.1, 0.15) is 30.6 Å². The number of allylic oxidation sites excluding steroid dienone is 2. The molecule has 0 amide bonds. The maximum atomic E-state index is 13.7. The van der Waals surface area contributed by atoms with Gasteiger partial charge in [-0.25, -0.2) is 22.4 Å². The molecule has 5 nitrogen and oxygen atoms in total. The largest absolute Gasteiger partial charge is 0.428 e. The van der Waals surface area contributed by atoms with Crippen LogP contribution in [-0.4, -0.2) is 18.9 Å². The van der Waals surface area contributed by atoms with E-state index in [1.54, 1.807) is 0 Å². The second kappa shape index (κ2) is 6.44. The lowest BCUT2D eigenvalue weighted by Crippen LogP contribution is -2.17. The number of carbonyl (C=O) groups is 1. The molecule has 22 heavy (non-hydrogen) atoms. The highest BCUT2D eigenvalue weighted by Crippen LogP contribution is 2.28. The molecule has 0 saturated heterocycles. The van der Waals surface area contributed by atoms with Crippen molar-refractivity contribution in [2.75, 3.05) is 0 Å². The zero-order valence-electron chi connectivity index (χ0n) is 11.3. The highest BCUT2D eigenvalue weighted by molar-refractivity contribution is 7.85. The number of benzene rings is 1. The highest BCUT2D eigenvalue weighted by Gasteiger charge is 2.35. The number of esters is 1. The van der Waals surface area contributed by atoms with Gasteiger partial charge in [0.05, 0.1) is 0 Å². The van der Waals surface area contributed by atoms with E-state index in [0.717, 1.165) is 0 Å². The zero-order valence-corrected chi connectivity index (χ0v) is 12.1. The molecule has 0 unspecified atom stereocenters. The third-order valence-corrected chi connectivity index (χ3v) is 3.45. The van der Waals surface area contributed by atoms with E-state index in [9.17, 15) is 30.8 Å². The third-order valence-electron chi connectivity index (χ3n) is 2.58. The molecule has 0 fully saturated rings. The molecule has 1 aromatic carbocycles. The first-order valence-corrected chi connectivity index (χ1v) is 7.21. The number of ether oxygens (including phenoxy) is 1. The molecule has 0 radical (unpaired) electrons. The molecule has 0 saturated carbocycles. The van der Waals surface area contributed by atoms with Gasteiger partial charge >= 0.3 is 16.1 Å². The first-order chi connectivity index (χ1) is 10.1. The molecular weight excluding hydrogens is 332 g/mol. The lowest BCUT2D eigenvalue weighted by molar-refractivity contribution is 0.0601. The number of hydrogen-bond acceptors (Lipinski definition) is 4. The Morgan fingerprint density at radius 1 is 1.14 bits per heavy atom. The predicted molar refractivity (Wildman–Crippen MR) is 65.6 cm³/mol. The lowest BCUT2D eigenvalue weighted by Gasteiger charge is -2.11. The van der Waals surface area contributed by atoms with Gasteiger partial charge in [0, 0.05) is 6.42 Å². The fourth-order valence-corrected chi connectivity index (χ4v) is 2.15. The van der Waals surface area contributed by atoms with Gasteiger partial charge in [-0.1, -0.05) is 6.92 Å². The van der Waals surface area contributed by atoms with E-state index >= 15 is 0 Å². The molecule has 0 atom stereocenters. The van der Waals surface area contributed by atoms with Gasteiger partial charge in [-0.05, 0) is 13.0 Å². The quantitative estimate of drug-likeness (QED) is 0.299. The molecule has 1 aromatic rings. The summed E-state index contributed by atoms with van der Waals surface area (Å²) >= 11 is 0. The van der Waals surface area contributed by atoms with Crippen LogP contribution in [0.3, 0.4) is 0 Å². The molecular formula is C12H10F4O5S. The van der Waals surface area contributed by atoms with Gasteiger partial charge in [0.2, 0.25) is 0 Å². The van der Waals surface area contributed by atoms with E-state index < -0.39 is 49.8 Å². The van der Waals surface area contributed by atoms with E-state index in [-0.39, 0.29) is 12.2 Å². The van der Waals surface area contributed by atoms with Crippen LogP contribution in [0.2, 0.25) is 0 Å². The normalized spacial score (nSPS) is 12.4. The monoisotopic (exact) mass is 342 g/mol. The Kier molecular flexibility index (Phi) is 5.30. The number of rotatable bonds is 4. The predicted octanol–water partition coefficient (Wildman–Crippen LogP) is 2.96. The summed E-state index contributed by atoms with van der Waals surface area (Å²) in [6, 6.07) is 0. The number of hydrogen-bond donors (Lipinski definition) is 1. The summed E-state index contributed by atoms with van der Waals surface area (Å²) in [6.45, 7) is 2.99. The van der Waals surface area contributed by atoms with Crippen molar-refractivity contribution in [3.63, 3.8) is 0 Å². The SMILES string of the molecule is CC=C(CC)OC(=O)c1c(F)c(F)c(S(=O)(=O)O)c(F)c1F. The van der Waals surface area contributed by atoms with Gasteiger partial charge in [-0.2, -0.15) is 8.42 Å². The van der Waals surface area contributed by atoms with Crippen molar-refractivity contribution in [2.24, 2.45) is 0 Å². The van der Waals surface area contributed by atoms with Crippen LogP contribution in [0.25, 0.3) is 0 Å². The lowest BCUT2D eigenvalue weighted by atomic mass is 10.1. The molecule has 122 valence electrons. The van der Waals surface area contributed by atoms with Crippen molar-refractivity contribution >= 4 is 16.1 Å². The maximum absolute atomic E-state index is 13.7. The van der Waals surface area contributed by atoms with Gasteiger partial charge in [0.25, 0.3) is 0 Å². The molecule has 0 aromatic heterocycles. The third kappa shape index (κ3) is 3.28. The Morgan fingerprint density at radius 2 is 1.59 bits per heavy atom. The Balaban J connectivity index is 3.57. The smallest absolute Gasteiger partial charge is 0.349 e. The van der Waals surface area contributed by atoms with E-state index in [4.69, 9.17) is 4.55 Å². The van der Waals surface area contributed by atoms with E-state index in [1.807, 2.05) is 0 Å². The molecule has 1 N–H and O–H groups in total. The van der Waals surface area contributed by atoms with E-state index in [2.05, 4.69) is 4.74 Å². The summed E-state index contributed by atoms with van der Waals surface area (Å²) in [6.07, 6.45) is 1.44. The Labute approximate surface area is 122 Å². The van der Waals surface area contributed by atoms with E-state index in [0.29, 0.717) is 0 Å². The number of halogens is 4. The van der Waals surface area contributed by atoms with Crippen LogP contribution in [0.4, 0.5) is 17.6 Å². The summed E-state index contributed by atoms with van der Waals surface area (Å²) in [7, 11) is -5.58. The van der Waals surface area contributed by atoms with Gasteiger partial charge in [-0.3, -0.25) is 4.55 Å². The van der Waals surface area contributed by atoms with Crippen LogP contribution in [0.15, 0.2) is 16.7 Å². The Hall–Kier alpha value is -1.94. The topological polar surface area (TPSA) is 80.7 Å². The van der Waals surface area contributed by atoms with Crippen LogP contribution in [0, 0.1) is 23.3 Å². The minimum Gasteiger partial charge on any atom is -0.428 e. The highest BCUT2D eigenvalue weighted by atomic mass is 32.2. The van der Waals surface area contributed by atoms with Crippen molar-refractivity contribution in [1.82, 2.24) is 0 Å². The summed E-state index contributed by atoms with van der Waals surface area (Å²) in [5, 5.41) is 0. The summed E-state index contributed by atoms with van der Waals surface area (Å²) < 4.78 is 89.0. The molecule has 0 spiro atoms. The van der Waals surface area contributed by atoms with Crippen LogP contribution >= 0.6 is 0 Å². The standard InChI is InChI=1S/C12H10F4O5S/c1-3-5(4-2)21-12(17)6-7(13)9(15)11(22(18,19)20)10(16)8(6)14/h3H,4H2,1-2H3,(H,18,19,20). The van der Waals surface area contributed by atoms with Gasteiger partial charge < -0.3 is 4.74 Å². The second-order valence-corrected chi connectivity index (χ2v) is 5.29. The van der Waals surface area contributed by atoms with Crippen molar-refractivity contribution in [2.45, 2.75) is 25.2 Å². The van der Waals surface area contributed by atoms with Crippen LogP contribution in [-0.2, 0) is 14.9 Å². The summed E-state index contributed by atoms with van der Waals surface area (Å²) in [4.78, 5) is 9.37. The minimum atomic E-state index is -5.58. The molecule has 0 heterocycles. The first kappa shape index (κ1) is 18.1. The van der Waals surface area contributed by atoms with Crippen molar-refractivity contribution in [1.29, 1.82) is 0 Å². The molecule has 0 aliphatic heterocycles. The van der Waals surface area contributed by atoms with Crippen LogP contribution in [0.5, 0.6) is 0 Å².